The lowest BCUT2D eigenvalue weighted by Crippen LogP contribution is -2.55. The number of carbonyl (C=O) groups excluding carboxylic acids is 5. The first-order valence-electron chi connectivity index (χ1n) is 18.8. The molecule has 0 spiro atoms. The Morgan fingerprint density at radius 3 is 2.56 bits per heavy atom. The van der Waals surface area contributed by atoms with Crippen molar-refractivity contribution in [1.29, 1.82) is 0 Å². The molecule has 4 N–H and O–H groups in total. The zero-order valence-corrected chi connectivity index (χ0v) is 31.9. The van der Waals surface area contributed by atoms with Gasteiger partial charge in [0, 0.05) is 37.7 Å². The molecule has 1 saturated heterocycles. The smallest absolute Gasteiger partial charge is 0.412 e. The lowest BCUT2D eigenvalue weighted by molar-refractivity contribution is -0.138. The number of pyridine rings is 1. The number of benzene rings is 2. The molecule has 3 aromatic rings. The number of hydrogen-bond donors (Lipinski definition) is 4. The van der Waals surface area contributed by atoms with Gasteiger partial charge in [-0.25, -0.2) is 9.18 Å². The predicted molar refractivity (Wildman–Crippen MR) is 203 cm³/mol. The molecule has 3 heterocycles. The van der Waals surface area contributed by atoms with Gasteiger partial charge in [0.15, 0.2) is 0 Å². The van der Waals surface area contributed by atoms with Gasteiger partial charge in [-0.3, -0.25) is 29.5 Å². The normalized spacial score (nSPS) is 19.8. The van der Waals surface area contributed by atoms with E-state index in [0.717, 1.165) is 42.0 Å². The van der Waals surface area contributed by atoms with E-state index < -0.39 is 53.7 Å². The van der Waals surface area contributed by atoms with Gasteiger partial charge in [0.1, 0.15) is 29.3 Å². The fraction of sp³-hybridized carbons (Fsp3) is 0.463. The average molecular weight is 759 g/mol. The van der Waals surface area contributed by atoms with Gasteiger partial charge in [0.25, 0.3) is 0 Å². The molecule has 55 heavy (non-hydrogen) atoms. The minimum absolute atomic E-state index is 0.00854. The molecule has 2 aromatic carbocycles. The Morgan fingerprint density at radius 2 is 1.82 bits per heavy atom. The van der Waals surface area contributed by atoms with Crippen molar-refractivity contribution in [3.05, 3.63) is 89.0 Å². The van der Waals surface area contributed by atoms with Gasteiger partial charge in [-0.2, -0.15) is 0 Å². The number of nitrogens with one attached hydrogen (secondary N) is 4. The monoisotopic (exact) mass is 758 g/mol. The van der Waals surface area contributed by atoms with Crippen LogP contribution in [0.25, 0.3) is 0 Å². The molecule has 4 bridgehead atoms. The summed E-state index contributed by atoms with van der Waals surface area (Å²) in [7, 11) is 0. The van der Waals surface area contributed by atoms with Crippen LogP contribution < -0.4 is 26.0 Å². The number of hydrogen-bond acceptors (Lipinski definition) is 8. The molecule has 5 amide bonds. The topological polar surface area (TPSA) is 168 Å². The van der Waals surface area contributed by atoms with E-state index in [1.165, 1.54) is 12.1 Å². The Labute approximate surface area is 321 Å². The number of halogens is 1. The highest BCUT2D eigenvalue weighted by molar-refractivity contribution is 5.95. The number of nitrogens with zero attached hydrogens (tertiary/aromatic N) is 2. The van der Waals surface area contributed by atoms with Crippen LogP contribution in [-0.2, 0) is 43.3 Å². The highest BCUT2D eigenvalue weighted by Gasteiger charge is 2.32. The summed E-state index contributed by atoms with van der Waals surface area (Å²) < 4.78 is 26.5. The summed E-state index contributed by atoms with van der Waals surface area (Å²) in [5.74, 6) is -2.06. The second kappa shape index (κ2) is 18.7. The van der Waals surface area contributed by atoms with Crippen molar-refractivity contribution < 1.29 is 37.8 Å². The summed E-state index contributed by atoms with van der Waals surface area (Å²) in [6.07, 6.45) is 4.81. The summed E-state index contributed by atoms with van der Waals surface area (Å²) in [6.45, 7) is 8.68. The molecule has 1 aromatic heterocycles. The highest BCUT2D eigenvalue weighted by Crippen LogP contribution is 2.23. The van der Waals surface area contributed by atoms with Gasteiger partial charge < -0.3 is 30.3 Å². The van der Waals surface area contributed by atoms with E-state index in [0.29, 0.717) is 31.9 Å². The lowest BCUT2D eigenvalue weighted by Gasteiger charge is -2.34. The van der Waals surface area contributed by atoms with Gasteiger partial charge in [0.2, 0.25) is 23.6 Å². The summed E-state index contributed by atoms with van der Waals surface area (Å²) in [4.78, 5) is 72.9. The largest absolute Gasteiger partial charge is 0.494 e. The van der Waals surface area contributed by atoms with Crippen LogP contribution in [0.4, 0.5) is 14.9 Å². The number of amides is 5. The van der Waals surface area contributed by atoms with Crippen molar-refractivity contribution in [2.75, 3.05) is 25.0 Å². The van der Waals surface area contributed by atoms with E-state index in [9.17, 15) is 24.0 Å². The van der Waals surface area contributed by atoms with Crippen molar-refractivity contribution in [1.82, 2.24) is 25.8 Å². The quantitative estimate of drug-likeness (QED) is 0.268. The first-order chi connectivity index (χ1) is 26.2. The molecular formula is C41H51FN6O7. The third-order valence-electron chi connectivity index (χ3n) is 9.62. The van der Waals surface area contributed by atoms with Crippen LogP contribution >= 0.6 is 0 Å². The first kappa shape index (κ1) is 40.7. The molecule has 2 aliphatic heterocycles. The number of fused-ring (bicyclic) bond motifs is 4. The highest BCUT2D eigenvalue weighted by atomic mass is 19.1. The van der Waals surface area contributed by atoms with Gasteiger partial charge >= 0.3 is 6.09 Å². The van der Waals surface area contributed by atoms with E-state index in [4.69, 9.17) is 9.47 Å². The molecule has 2 aliphatic rings. The molecule has 5 rings (SSSR count). The van der Waals surface area contributed by atoms with Crippen LogP contribution in [-0.4, -0.2) is 77.0 Å². The standard InChI is InChI=1S/C41H51FN6O7/c1-26-7-11-32-20-30(26)24-44-38(51)34(12-8-27-13-16-43-17-14-27)47-39(52)35(23-37(50)48-18-5-6-28(25-48)15-19-54-32)46-36(49)21-29-9-10-31(22-33(29)42)45-40(53)55-41(2,3)4/h7,9-11,13-14,16-17,20,22,28,34-35H,5-6,8,12,15,18-19,21,23-25H2,1-4H3,(H,44,51)(H,45,53)(H,46,49)(H,47,52)/t28?,34?,35-/m0/s1. The summed E-state index contributed by atoms with van der Waals surface area (Å²) in [6, 6.07) is 10.9. The molecule has 2 unspecified atom stereocenters. The number of aryl methyl sites for hydroxylation is 2. The predicted octanol–water partition coefficient (Wildman–Crippen LogP) is 4.75. The second-order valence-corrected chi connectivity index (χ2v) is 15.2. The lowest BCUT2D eigenvalue weighted by atomic mass is 9.94. The van der Waals surface area contributed by atoms with Crippen LogP contribution in [0, 0.1) is 18.7 Å². The molecule has 294 valence electrons. The zero-order chi connectivity index (χ0) is 39.5. The van der Waals surface area contributed by atoms with Crippen molar-refractivity contribution in [3.8, 4) is 5.75 Å². The van der Waals surface area contributed by atoms with Crippen LogP contribution in [0.1, 0.15) is 75.1 Å². The van der Waals surface area contributed by atoms with Crippen molar-refractivity contribution >= 4 is 35.4 Å². The van der Waals surface area contributed by atoms with Crippen LogP contribution in [0.5, 0.6) is 5.75 Å². The Kier molecular flexibility index (Phi) is 13.8. The number of ether oxygens (including phenoxy) is 2. The fourth-order valence-electron chi connectivity index (χ4n) is 6.63. The first-order valence-corrected chi connectivity index (χ1v) is 18.8. The number of rotatable bonds is 7. The Bertz CT molecular complexity index is 1850. The fourth-order valence-corrected chi connectivity index (χ4v) is 6.63. The number of aromatic nitrogens is 1. The minimum atomic E-state index is -1.35. The van der Waals surface area contributed by atoms with E-state index in [2.05, 4.69) is 26.3 Å². The molecular weight excluding hydrogens is 707 g/mol. The van der Waals surface area contributed by atoms with E-state index in [-0.39, 0.29) is 42.5 Å². The third kappa shape index (κ3) is 12.5. The van der Waals surface area contributed by atoms with Gasteiger partial charge in [-0.1, -0.05) is 12.1 Å². The SMILES string of the molecule is Cc1ccc2cc1CNC(=O)C(CCc1ccncc1)NC(=O)[C@@H](NC(=O)Cc1ccc(NC(=O)OC(C)(C)C)cc1F)CC(=O)N1CCCC(CCO2)C1. The Balaban J connectivity index is 1.36. The van der Waals surface area contributed by atoms with E-state index in [1.807, 2.05) is 37.3 Å². The summed E-state index contributed by atoms with van der Waals surface area (Å²) >= 11 is 0. The second-order valence-electron chi connectivity index (χ2n) is 15.2. The van der Waals surface area contributed by atoms with Crippen molar-refractivity contribution in [2.24, 2.45) is 5.92 Å². The van der Waals surface area contributed by atoms with Gasteiger partial charge in [-0.15, -0.1) is 0 Å². The summed E-state index contributed by atoms with van der Waals surface area (Å²) in [5, 5.41) is 10.9. The maximum atomic E-state index is 15.2. The average Bonchev–Trinajstić information content (AvgIpc) is 3.13. The molecule has 1 fully saturated rings. The van der Waals surface area contributed by atoms with Crippen LogP contribution in [0.2, 0.25) is 0 Å². The molecule has 0 aliphatic carbocycles. The molecule has 14 heteroatoms. The summed E-state index contributed by atoms with van der Waals surface area (Å²) in [5.41, 5.74) is 2.13. The molecule has 13 nitrogen and oxygen atoms in total. The number of carbonyl (C=O) groups is 5. The zero-order valence-electron chi connectivity index (χ0n) is 31.9. The van der Waals surface area contributed by atoms with Crippen molar-refractivity contribution in [3.63, 3.8) is 0 Å². The maximum absolute atomic E-state index is 15.2. The Morgan fingerprint density at radius 1 is 1.04 bits per heavy atom. The number of piperidine rings is 1. The Hall–Kier alpha value is -5.53. The van der Waals surface area contributed by atoms with Gasteiger partial charge in [-0.05, 0) is 124 Å². The number of anilines is 1. The molecule has 3 atom stereocenters. The van der Waals surface area contributed by atoms with Crippen LogP contribution in [0.3, 0.4) is 0 Å². The van der Waals surface area contributed by atoms with E-state index >= 15 is 4.39 Å². The van der Waals surface area contributed by atoms with Crippen LogP contribution in [0.15, 0.2) is 60.9 Å². The third-order valence-corrected chi connectivity index (χ3v) is 9.62. The van der Waals surface area contributed by atoms with E-state index in [1.54, 1.807) is 38.1 Å². The van der Waals surface area contributed by atoms with Crippen molar-refractivity contribution in [2.45, 2.75) is 96.9 Å². The maximum Gasteiger partial charge on any atom is 0.412 e. The molecule has 0 radical (unpaired) electrons. The molecule has 0 saturated carbocycles. The minimum Gasteiger partial charge on any atom is -0.494 e. The van der Waals surface area contributed by atoms with Gasteiger partial charge in [0.05, 0.1) is 19.4 Å².